The average molecular weight is 182 g/mol. The molecule has 1 aliphatic rings. The summed E-state index contributed by atoms with van der Waals surface area (Å²) >= 11 is 0. The molecule has 0 spiro atoms. The molecule has 0 saturated heterocycles. The van der Waals surface area contributed by atoms with Crippen molar-refractivity contribution < 1.29 is 4.92 Å². The Morgan fingerprint density at radius 2 is 2.46 bits per heavy atom. The van der Waals surface area contributed by atoms with Crippen LogP contribution in [0.4, 0.5) is 0 Å². The number of nitrogens with one attached hydrogen (secondary N) is 1. The van der Waals surface area contributed by atoms with Gasteiger partial charge < -0.3 is 5.43 Å². The van der Waals surface area contributed by atoms with E-state index in [4.69, 9.17) is 0 Å². The fourth-order valence-corrected chi connectivity index (χ4v) is 0.987. The van der Waals surface area contributed by atoms with Crippen LogP contribution in [0.2, 0.25) is 0 Å². The molecule has 0 aliphatic carbocycles. The van der Waals surface area contributed by atoms with Gasteiger partial charge in [0.1, 0.15) is 0 Å². The zero-order valence-corrected chi connectivity index (χ0v) is 7.39. The Balaban J connectivity index is 2.85. The Hall–Kier alpha value is -1.72. The molecular formula is C7H10N4O2. The van der Waals surface area contributed by atoms with Crippen molar-refractivity contribution in [2.75, 3.05) is 7.05 Å². The first-order chi connectivity index (χ1) is 6.15. The van der Waals surface area contributed by atoms with Crippen LogP contribution in [-0.2, 0) is 0 Å². The molecule has 1 rings (SSSR count). The summed E-state index contributed by atoms with van der Waals surface area (Å²) in [6, 6.07) is -0.809. The fraction of sp³-hybridized carbons (Fsp3) is 0.429. The number of nitrogens with zero attached hydrogens (tertiary/aromatic N) is 3. The average Bonchev–Trinajstić information content (AvgIpc) is 2.04. The number of rotatable bonds is 2. The van der Waals surface area contributed by atoms with E-state index in [1.54, 1.807) is 20.0 Å². The molecule has 6 nitrogen and oxygen atoms in total. The molecule has 0 amide bonds. The summed E-state index contributed by atoms with van der Waals surface area (Å²) in [4.78, 5) is 13.9. The number of nitro groups is 1. The van der Waals surface area contributed by atoms with Crippen molar-refractivity contribution in [1.82, 2.24) is 5.43 Å². The number of amidine groups is 1. The highest BCUT2D eigenvalue weighted by Gasteiger charge is 2.23. The first-order valence-corrected chi connectivity index (χ1v) is 3.75. The van der Waals surface area contributed by atoms with Crippen molar-refractivity contribution in [3.05, 3.63) is 21.8 Å². The third-order valence-corrected chi connectivity index (χ3v) is 1.62. The van der Waals surface area contributed by atoms with Crippen LogP contribution in [0.25, 0.3) is 0 Å². The molecule has 0 aromatic rings. The van der Waals surface area contributed by atoms with E-state index >= 15 is 0 Å². The van der Waals surface area contributed by atoms with Gasteiger partial charge in [-0.15, -0.1) is 0 Å². The molecule has 70 valence electrons. The van der Waals surface area contributed by atoms with Crippen LogP contribution in [-0.4, -0.2) is 30.1 Å². The van der Waals surface area contributed by atoms with E-state index < -0.39 is 6.04 Å². The molecule has 1 N–H and O–H groups in total. The van der Waals surface area contributed by atoms with Crippen molar-refractivity contribution in [2.45, 2.75) is 13.0 Å². The number of dihydropyridines is 1. The van der Waals surface area contributed by atoms with Crippen molar-refractivity contribution in [3.8, 4) is 0 Å². The Kier molecular flexibility index (Phi) is 2.73. The van der Waals surface area contributed by atoms with Crippen molar-refractivity contribution in [1.29, 1.82) is 0 Å². The third-order valence-electron chi connectivity index (χ3n) is 1.62. The smallest absolute Gasteiger partial charge is 0.269 e. The fourth-order valence-electron chi connectivity index (χ4n) is 0.987. The molecule has 1 atom stereocenters. The molecule has 0 aromatic carbocycles. The quantitative estimate of drug-likeness (QED) is 0.489. The molecule has 0 saturated carbocycles. The Morgan fingerprint density at radius 1 is 1.77 bits per heavy atom. The van der Waals surface area contributed by atoms with Crippen LogP contribution in [0, 0.1) is 10.1 Å². The lowest BCUT2D eigenvalue weighted by Gasteiger charge is -2.08. The highest BCUT2D eigenvalue weighted by atomic mass is 16.6. The van der Waals surface area contributed by atoms with Gasteiger partial charge in [-0.05, 0) is 13.0 Å². The monoisotopic (exact) mass is 182 g/mol. The molecule has 0 fully saturated rings. The lowest BCUT2D eigenvalue weighted by atomic mass is 10.1. The van der Waals surface area contributed by atoms with E-state index in [-0.39, 0.29) is 4.92 Å². The molecule has 0 aromatic heterocycles. The minimum atomic E-state index is -0.809. The first-order valence-electron chi connectivity index (χ1n) is 3.75. The summed E-state index contributed by atoms with van der Waals surface area (Å²) in [5.74, 6) is 0.457. The summed E-state index contributed by atoms with van der Waals surface area (Å²) in [6.07, 6.45) is 2.87. The van der Waals surface area contributed by atoms with E-state index in [2.05, 4.69) is 15.5 Å². The van der Waals surface area contributed by atoms with Crippen LogP contribution in [0.3, 0.4) is 0 Å². The predicted molar refractivity (Wildman–Crippen MR) is 49.5 cm³/mol. The molecule has 1 unspecified atom stereocenters. The number of aliphatic imine (C=N–C) groups is 1. The zero-order valence-electron chi connectivity index (χ0n) is 7.39. The van der Waals surface area contributed by atoms with Gasteiger partial charge in [-0.2, -0.15) is 5.10 Å². The molecular weight excluding hydrogens is 172 g/mol. The summed E-state index contributed by atoms with van der Waals surface area (Å²) in [6.45, 7) is 1.68. The Morgan fingerprint density at radius 3 is 2.92 bits per heavy atom. The van der Waals surface area contributed by atoms with Crippen LogP contribution < -0.4 is 5.43 Å². The minimum absolute atomic E-state index is 0.383. The number of hydrogen-bond donors (Lipinski definition) is 1. The van der Waals surface area contributed by atoms with Crippen LogP contribution in [0.1, 0.15) is 6.92 Å². The van der Waals surface area contributed by atoms with E-state index in [1.165, 1.54) is 6.21 Å². The summed E-state index contributed by atoms with van der Waals surface area (Å²) in [7, 11) is 1.64. The second kappa shape index (κ2) is 3.79. The summed E-state index contributed by atoms with van der Waals surface area (Å²) in [5.41, 5.74) is 3.20. The third kappa shape index (κ3) is 2.11. The number of hydrazone groups is 1. The van der Waals surface area contributed by atoms with Gasteiger partial charge in [0.2, 0.25) is 0 Å². The standard InChI is InChI=1S/C7H10N4O2/c1-5-3-7(10-8-2)9-4-6(5)11(12)13/h3-4,6,8H,1-2H3/b10-7-. The topological polar surface area (TPSA) is 79.9 Å². The second-order valence-electron chi connectivity index (χ2n) is 2.59. The second-order valence-corrected chi connectivity index (χ2v) is 2.59. The van der Waals surface area contributed by atoms with Gasteiger partial charge in [0.05, 0.1) is 6.21 Å². The van der Waals surface area contributed by atoms with Gasteiger partial charge in [-0.1, -0.05) is 0 Å². The normalized spacial score (nSPS) is 24.3. The van der Waals surface area contributed by atoms with Crippen molar-refractivity contribution >= 4 is 12.1 Å². The summed E-state index contributed by atoms with van der Waals surface area (Å²) in [5, 5.41) is 14.2. The molecule has 13 heavy (non-hydrogen) atoms. The highest BCUT2D eigenvalue weighted by molar-refractivity contribution is 6.02. The molecule has 1 heterocycles. The minimum Gasteiger partial charge on any atom is -0.311 e. The van der Waals surface area contributed by atoms with Crippen LogP contribution >= 0.6 is 0 Å². The molecule has 6 heteroatoms. The zero-order chi connectivity index (χ0) is 9.84. The predicted octanol–water partition coefficient (Wildman–Crippen LogP) is 0.195. The maximum atomic E-state index is 10.4. The maximum Gasteiger partial charge on any atom is 0.269 e. The van der Waals surface area contributed by atoms with E-state index in [1.807, 2.05) is 0 Å². The van der Waals surface area contributed by atoms with Gasteiger partial charge in [0, 0.05) is 17.5 Å². The number of hydrogen-bond acceptors (Lipinski definition) is 4. The van der Waals surface area contributed by atoms with Crippen molar-refractivity contribution in [2.24, 2.45) is 10.1 Å². The van der Waals surface area contributed by atoms with Crippen LogP contribution in [0.5, 0.6) is 0 Å². The van der Waals surface area contributed by atoms with E-state index in [0.717, 1.165) is 0 Å². The highest BCUT2D eigenvalue weighted by Crippen LogP contribution is 2.08. The van der Waals surface area contributed by atoms with Crippen LogP contribution in [0.15, 0.2) is 21.7 Å². The van der Waals surface area contributed by atoms with Gasteiger partial charge in [-0.25, -0.2) is 4.99 Å². The van der Waals surface area contributed by atoms with Gasteiger partial charge in [0.15, 0.2) is 5.84 Å². The molecule has 0 radical (unpaired) electrons. The van der Waals surface area contributed by atoms with Gasteiger partial charge in [-0.3, -0.25) is 10.1 Å². The Labute approximate surface area is 75.2 Å². The largest absolute Gasteiger partial charge is 0.311 e. The van der Waals surface area contributed by atoms with E-state index in [0.29, 0.717) is 11.4 Å². The lowest BCUT2D eigenvalue weighted by molar-refractivity contribution is -0.491. The maximum absolute atomic E-state index is 10.4. The SMILES string of the molecule is CN/N=C1/C=C(C)C([N+](=O)[O-])C=N1. The molecule has 1 aliphatic heterocycles. The summed E-state index contributed by atoms with van der Waals surface area (Å²) < 4.78 is 0. The van der Waals surface area contributed by atoms with E-state index in [9.17, 15) is 10.1 Å². The van der Waals surface area contributed by atoms with Gasteiger partial charge >= 0.3 is 0 Å². The van der Waals surface area contributed by atoms with Gasteiger partial charge in [0.25, 0.3) is 6.04 Å². The van der Waals surface area contributed by atoms with Crippen molar-refractivity contribution in [3.63, 3.8) is 0 Å². The molecule has 0 bridgehead atoms. The Bertz CT molecular complexity index is 306. The first kappa shape index (κ1) is 9.37. The lowest BCUT2D eigenvalue weighted by Crippen LogP contribution is -2.26.